The van der Waals surface area contributed by atoms with Crippen LogP contribution in [0.3, 0.4) is 0 Å². The zero-order valence-electron chi connectivity index (χ0n) is 10.2. The molecule has 1 aromatic carbocycles. The highest BCUT2D eigenvalue weighted by atomic mass is 16.6. The van der Waals surface area contributed by atoms with E-state index in [2.05, 4.69) is 4.74 Å². The van der Waals surface area contributed by atoms with Crippen LogP contribution in [0.5, 0.6) is 0 Å². The topological polar surface area (TPSA) is 69.4 Å². The molecule has 18 heavy (non-hydrogen) atoms. The number of nitro groups is 1. The van der Waals surface area contributed by atoms with Crippen LogP contribution >= 0.6 is 0 Å². The van der Waals surface area contributed by atoms with Gasteiger partial charge in [-0.1, -0.05) is 18.6 Å². The number of carbonyl (C=O) groups is 1. The summed E-state index contributed by atoms with van der Waals surface area (Å²) in [5.41, 5.74) is 1.57. The van der Waals surface area contributed by atoms with E-state index in [0.717, 1.165) is 30.4 Å². The maximum absolute atomic E-state index is 11.4. The summed E-state index contributed by atoms with van der Waals surface area (Å²) < 4.78 is 4.63. The zero-order valence-corrected chi connectivity index (χ0v) is 10.2. The number of hydrogen-bond donors (Lipinski definition) is 0. The molecule has 0 amide bonds. The molecule has 1 aliphatic rings. The highest BCUT2D eigenvalue weighted by molar-refractivity contribution is 5.73. The first-order valence-corrected chi connectivity index (χ1v) is 5.96. The van der Waals surface area contributed by atoms with Crippen LogP contribution in [0.25, 0.3) is 0 Å². The molecule has 0 atom stereocenters. The lowest BCUT2D eigenvalue weighted by Gasteiger charge is -2.27. The van der Waals surface area contributed by atoms with Crippen molar-refractivity contribution in [3.63, 3.8) is 0 Å². The summed E-state index contributed by atoms with van der Waals surface area (Å²) in [6.07, 6.45) is 3.11. The average Bonchev–Trinajstić information content (AvgIpc) is 2.28. The van der Waals surface area contributed by atoms with Crippen LogP contribution in [0.2, 0.25) is 0 Å². The summed E-state index contributed by atoms with van der Waals surface area (Å²) in [5.74, 6) is -0.151. The van der Waals surface area contributed by atoms with E-state index in [9.17, 15) is 14.9 Å². The molecular weight excluding hydrogens is 234 g/mol. The number of nitrogens with zero attached hydrogens (tertiary/aromatic N) is 1. The standard InChI is InChI=1S/C13H15NO4/c1-18-12(15)8-10-6-3-7-11(14(16)17)13(10)9-4-2-5-9/h3,6-7,9H,2,4-5,8H2,1H3. The number of esters is 1. The fraction of sp³-hybridized carbons (Fsp3) is 0.462. The van der Waals surface area contributed by atoms with E-state index in [0.29, 0.717) is 0 Å². The van der Waals surface area contributed by atoms with Gasteiger partial charge in [0.15, 0.2) is 0 Å². The van der Waals surface area contributed by atoms with E-state index < -0.39 is 0 Å². The van der Waals surface area contributed by atoms with E-state index in [1.807, 2.05) is 0 Å². The van der Waals surface area contributed by atoms with Crippen LogP contribution in [0, 0.1) is 10.1 Å². The van der Waals surface area contributed by atoms with Crippen LogP contribution in [-0.2, 0) is 16.0 Å². The molecule has 0 saturated heterocycles. The first kappa shape index (κ1) is 12.5. The minimum absolute atomic E-state index is 0.101. The van der Waals surface area contributed by atoms with Gasteiger partial charge in [-0.25, -0.2) is 0 Å². The number of rotatable bonds is 4. The van der Waals surface area contributed by atoms with Crippen molar-refractivity contribution in [3.8, 4) is 0 Å². The Morgan fingerprint density at radius 1 is 1.50 bits per heavy atom. The van der Waals surface area contributed by atoms with E-state index in [1.165, 1.54) is 13.2 Å². The molecule has 1 saturated carbocycles. The molecule has 96 valence electrons. The minimum atomic E-state index is -0.367. The molecule has 0 N–H and O–H groups in total. The highest BCUT2D eigenvalue weighted by Gasteiger charge is 2.30. The molecule has 0 bridgehead atoms. The first-order chi connectivity index (χ1) is 8.63. The van der Waals surface area contributed by atoms with Gasteiger partial charge in [0.05, 0.1) is 18.5 Å². The summed E-state index contributed by atoms with van der Waals surface area (Å²) in [7, 11) is 1.32. The van der Waals surface area contributed by atoms with Crippen molar-refractivity contribution in [1.29, 1.82) is 0 Å². The SMILES string of the molecule is COC(=O)Cc1cccc([N+](=O)[O-])c1C1CCC1. The van der Waals surface area contributed by atoms with Crippen molar-refractivity contribution < 1.29 is 14.5 Å². The maximum Gasteiger partial charge on any atom is 0.309 e. The second kappa shape index (κ2) is 5.16. The third kappa shape index (κ3) is 2.34. The number of methoxy groups -OCH3 is 1. The van der Waals surface area contributed by atoms with Crippen molar-refractivity contribution in [2.24, 2.45) is 0 Å². The van der Waals surface area contributed by atoms with Crippen molar-refractivity contribution in [2.75, 3.05) is 7.11 Å². The largest absolute Gasteiger partial charge is 0.469 e. The third-order valence-corrected chi connectivity index (χ3v) is 3.45. The number of benzene rings is 1. The summed E-state index contributed by atoms with van der Waals surface area (Å²) in [6, 6.07) is 4.91. The molecule has 0 heterocycles. The van der Waals surface area contributed by atoms with Crippen molar-refractivity contribution in [2.45, 2.75) is 31.6 Å². The number of ether oxygens (including phenoxy) is 1. The molecule has 0 aromatic heterocycles. The Hall–Kier alpha value is -1.91. The maximum atomic E-state index is 11.4. The lowest BCUT2D eigenvalue weighted by atomic mass is 9.77. The van der Waals surface area contributed by atoms with Gasteiger partial charge in [0.2, 0.25) is 0 Å². The van der Waals surface area contributed by atoms with Gasteiger partial charge in [0.1, 0.15) is 0 Å². The monoisotopic (exact) mass is 249 g/mol. The zero-order chi connectivity index (χ0) is 13.1. The summed E-state index contributed by atoms with van der Waals surface area (Å²) in [6.45, 7) is 0. The predicted octanol–water partition coefficient (Wildman–Crippen LogP) is 2.58. The van der Waals surface area contributed by atoms with Crippen LogP contribution < -0.4 is 0 Å². The van der Waals surface area contributed by atoms with Crippen molar-refractivity contribution in [1.82, 2.24) is 0 Å². The molecule has 0 radical (unpaired) electrons. The Labute approximate surface area is 105 Å². The Morgan fingerprint density at radius 2 is 2.22 bits per heavy atom. The number of carbonyl (C=O) groups excluding carboxylic acids is 1. The van der Waals surface area contributed by atoms with Crippen LogP contribution in [0.15, 0.2) is 18.2 Å². The van der Waals surface area contributed by atoms with Crippen molar-refractivity contribution in [3.05, 3.63) is 39.4 Å². The molecule has 0 unspecified atom stereocenters. The molecular formula is C13H15NO4. The number of nitro benzene ring substituents is 1. The lowest BCUT2D eigenvalue weighted by Crippen LogP contribution is -2.16. The lowest BCUT2D eigenvalue weighted by molar-refractivity contribution is -0.385. The van der Waals surface area contributed by atoms with E-state index in [-0.39, 0.29) is 28.9 Å². The fourth-order valence-electron chi connectivity index (χ4n) is 2.31. The van der Waals surface area contributed by atoms with Crippen LogP contribution in [0.4, 0.5) is 5.69 Å². The minimum Gasteiger partial charge on any atom is -0.469 e. The molecule has 2 rings (SSSR count). The number of hydrogen-bond acceptors (Lipinski definition) is 4. The van der Waals surface area contributed by atoms with Gasteiger partial charge in [-0.2, -0.15) is 0 Å². The molecule has 1 fully saturated rings. The van der Waals surface area contributed by atoms with Gasteiger partial charge >= 0.3 is 5.97 Å². The highest BCUT2D eigenvalue weighted by Crippen LogP contribution is 2.42. The predicted molar refractivity (Wildman–Crippen MR) is 65.4 cm³/mol. The molecule has 5 heteroatoms. The molecule has 0 aliphatic heterocycles. The second-order valence-electron chi connectivity index (χ2n) is 4.49. The van der Waals surface area contributed by atoms with Crippen LogP contribution in [0.1, 0.15) is 36.3 Å². The summed E-state index contributed by atoms with van der Waals surface area (Å²) >= 11 is 0. The summed E-state index contributed by atoms with van der Waals surface area (Å²) in [4.78, 5) is 22.0. The second-order valence-corrected chi connectivity index (χ2v) is 4.49. The van der Waals surface area contributed by atoms with Gasteiger partial charge in [-0.15, -0.1) is 0 Å². The van der Waals surface area contributed by atoms with E-state index >= 15 is 0 Å². The Balaban J connectivity index is 2.40. The average molecular weight is 249 g/mol. The van der Waals surface area contributed by atoms with E-state index in [4.69, 9.17) is 0 Å². The Morgan fingerprint density at radius 3 is 2.72 bits per heavy atom. The van der Waals surface area contributed by atoms with Gasteiger partial charge in [0, 0.05) is 11.6 Å². The van der Waals surface area contributed by atoms with Gasteiger partial charge in [-0.05, 0) is 24.3 Å². The van der Waals surface area contributed by atoms with Gasteiger partial charge in [-0.3, -0.25) is 14.9 Å². The van der Waals surface area contributed by atoms with Gasteiger partial charge < -0.3 is 4.74 Å². The van der Waals surface area contributed by atoms with E-state index in [1.54, 1.807) is 12.1 Å². The quantitative estimate of drug-likeness (QED) is 0.467. The molecule has 5 nitrogen and oxygen atoms in total. The van der Waals surface area contributed by atoms with Gasteiger partial charge in [0.25, 0.3) is 5.69 Å². The third-order valence-electron chi connectivity index (χ3n) is 3.45. The molecule has 1 aliphatic carbocycles. The van der Waals surface area contributed by atoms with Crippen LogP contribution in [-0.4, -0.2) is 18.0 Å². The Bertz CT molecular complexity index is 480. The summed E-state index contributed by atoms with van der Waals surface area (Å²) in [5, 5.41) is 11.1. The first-order valence-electron chi connectivity index (χ1n) is 5.96. The Kier molecular flexibility index (Phi) is 3.60. The van der Waals surface area contributed by atoms with Crippen molar-refractivity contribution >= 4 is 11.7 Å². The smallest absolute Gasteiger partial charge is 0.309 e. The molecule has 0 spiro atoms. The molecule has 1 aromatic rings. The normalized spacial score (nSPS) is 14.9. The fourth-order valence-corrected chi connectivity index (χ4v) is 2.31.